The molecule has 1 N–H and O–H groups in total. The predicted octanol–water partition coefficient (Wildman–Crippen LogP) is 5.32. The van der Waals surface area contributed by atoms with Crippen LogP contribution in [-0.2, 0) is 4.79 Å². The molecule has 1 aliphatic carbocycles. The van der Waals surface area contributed by atoms with Crippen molar-refractivity contribution < 1.29 is 13.9 Å². The molecule has 0 saturated heterocycles. The predicted molar refractivity (Wildman–Crippen MR) is 102 cm³/mol. The summed E-state index contributed by atoms with van der Waals surface area (Å²) in [6.07, 6.45) is 7.78. The first-order chi connectivity index (χ1) is 13.0. The van der Waals surface area contributed by atoms with E-state index in [-0.39, 0.29) is 17.7 Å². The van der Waals surface area contributed by atoms with Gasteiger partial charge in [0.1, 0.15) is 0 Å². The highest BCUT2D eigenvalue weighted by atomic mass is 19.1. The average Bonchev–Trinajstić information content (AvgIpc) is 2.66. The highest BCUT2D eigenvalue weighted by molar-refractivity contribution is 5.91. The van der Waals surface area contributed by atoms with Gasteiger partial charge in [0.2, 0.25) is 5.91 Å². The van der Waals surface area contributed by atoms with E-state index in [2.05, 4.69) is 15.3 Å². The number of nitrogens with zero attached hydrogens (tertiary/aromatic N) is 2. The number of carbonyl (C=O) groups excluding carboxylic acids is 1. The van der Waals surface area contributed by atoms with Crippen molar-refractivity contribution in [1.29, 1.82) is 0 Å². The van der Waals surface area contributed by atoms with Crippen molar-refractivity contribution in [2.45, 2.75) is 58.8 Å². The van der Waals surface area contributed by atoms with Gasteiger partial charge in [0.05, 0.1) is 17.1 Å². The maximum atomic E-state index is 13.7. The van der Waals surface area contributed by atoms with Crippen LogP contribution < -0.4 is 10.1 Å². The molecule has 1 saturated carbocycles. The van der Waals surface area contributed by atoms with Gasteiger partial charge in [-0.05, 0) is 38.3 Å². The number of nitrogens with one attached hydrogen (secondary N) is 1. The fourth-order valence-corrected chi connectivity index (χ4v) is 3.55. The number of para-hydroxylation sites is 1. The van der Waals surface area contributed by atoms with Crippen LogP contribution in [0.4, 0.5) is 10.1 Å². The van der Waals surface area contributed by atoms with E-state index in [9.17, 15) is 9.18 Å². The van der Waals surface area contributed by atoms with Gasteiger partial charge in [-0.1, -0.05) is 44.2 Å². The Morgan fingerprint density at radius 2 is 1.81 bits per heavy atom. The van der Waals surface area contributed by atoms with Crippen LogP contribution in [0.2, 0.25) is 0 Å². The molecule has 6 heteroatoms. The lowest BCUT2D eigenvalue weighted by Crippen LogP contribution is -2.17. The summed E-state index contributed by atoms with van der Waals surface area (Å²) in [7, 11) is 0. The Kier molecular flexibility index (Phi) is 6.37. The minimum atomic E-state index is -0.475. The number of anilines is 1. The molecule has 1 aliphatic rings. The molecule has 5 nitrogen and oxygen atoms in total. The summed E-state index contributed by atoms with van der Waals surface area (Å²) in [6.45, 7) is 3.55. The van der Waals surface area contributed by atoms with Crippen molar-refractivity contribution in [1.82, 2.24) is 9.97 Å². The van der Waals surface area contributed by atoms with Crippen LogP contribution in [0.25, 0.3) is 0 Å². The number of halogens is 1. The van der Waals surface area contributed by atoms with Crippen LogP contribution in [0.15, 0.2) is 24.3 Å². The number of hydrogen-bond donors (Lipinski definition) is 1. The van der Waals surface area contributed by atoms with E-state index in [1.807, 2.05) is 0 Å². The second-order valence-corrected chi connectivity index (χ2v) is 7.18. The van der Waals surface area contributed by atoms with Crippen LogP contribution in [0.5, 0.6) is 11.8 Å². The van der Waals surface area contributed by atoms with E-state index < -0.39 is 5.82 Å². The third-order valence-electron chi connectivity index (χ3n) is 5.06. The highest BCUT2D eigenvalue weighted by Crippen LogP contribution is 2.28. The fraction of sp³-hybridized carbons (Fsp3) is 0.476. The molecule has 0 spiro atoms. The quantitative estimate of drug-likeness (QED) is 0.746. The minimum Gasteiger partial charge on any atom is -0.421 e. The first kappa shape index (κ1) is 19.3. The van der Waals surface area contributed by atoms with Gasteiger partial charge >= 0.3 is 6.01 Å². The lowest BCUT2D eigenvalue weighted by Gasteiger charge is -2.21. The van der Waals surface area contributed by atoms with Crippen LogP contribution >= 0.6 is 0 Å². The summed E-state index contributed by atoms with van der Waals surface area (Å²) in [4.78, 5) is 20.8. The van der Waals surface area contributed by atoms with Crippen molar-refractivity contribution in [3.05, 3.63) is 41.5 Å². The van der Waals surface area contributed by atoms with Crippen LogP contribution in [0, 0.1) is 25.6 Å². The number of benzene rings is 1. The van der Waals surface area contributed by atoms with Crippen LogP contribution in [-0.4, -0.2) is 15.9 Å². The van der Waals surface area contributed by atoms with Crippen molar-refractivity contribution in [2.75, 3.05) is 5.32 Å². The molecule has 3 rings (SSSR count). The number of rotatable bonds is 6. The van der Waals surface area contributed by atoms with Crippen LogP contribution in [0.3, 0.4) is 0 Å². The lowest BCUT2D eigenvalue weighted by atomic mass is 9.86. The van der Waals surface area contributed by atoms with Crippen molar-refractivity contribution >= 4 is 11.6 Å². The molecule has 0 bridgehead atoms. The summed E-state index contributed by atoms with van der Waals surface area (Å²) in [5.41, 5.74) is 1.80. The zero-order valence-electron chi connectivity index (χ0n) is 15.9. The molecule has 0 unspecified atom stereocenters. The molecule has 1 aromatic carbocycles. The smallest absolute Gasteiger partial charge is 0.322 e. The molecule has 0 aliphatic heterocycles. The summed E-state index contributed by atoms with van der Waals surface area (Å²) < 4.78 is 19.2. The first-order valence-electron chi connectivity index (χ1n) is 9.60. The number of hydrogen-bond acceptors (Lipinski definition) is 4. The molecule has 1 fully saturated rings. The van der Waals surface area contributed by atoms with E-state index in [4.69, 9.17) is 4.74 Å². The monoisotopic (exact) mass is 371 g/mol. The molecule has 27 heavy (non-hydrogen) atoms. The summed E-state index contributed by atoms with van der Waals surface area (Å²) >= 11 is 0. The largest absolute Gasteiger partial charge is 0.421 e. The molecule has 0 atom stereocenters. The van der Waals surface area contributed by atoms with Crippen molar-refractivity contribution in [2.24, 2.45) is 5.92 Å². The van der Waals surface area contributed by atoms with E-state index in [0.717, 1.165) is 6.42 Å². The summed E-state index contributed by atoms with van der Waals surface area (Å²) in [6, 6.07) is 6.17. The number of aromatic nitrogens is 2. The van der Waals surface area contributed by atoms with Crippen molar-refractivity contribution in [3.63, 3.8) is 0 Å². The van der Waals surface area contributed by atoms with E-state index in [0.29, 0.717) is 29.4 Å². The van der Waals surface area contributed by atoms with Gasteiger partial charge in [-0.15, -0.1) is 0 Å². The van der Waals surface area contributed by atoms with E-state index >= 15 is 0 Å². The number of ether oxygens (including phenoxy) is 1. The first-order valence-corrected chi connectivity index (χ1v) is 9.60. The summed E-state index contributed by atoms with van der Waals surface area (Å²) in [5.74, 6) is 0.245. The third-order valence-corrected chi connectivity index (χ3v) is 5.06. The van der Waals surface area contributed by atoms with Gasteiger partial charge in [0.25, 0.3) is 0 Å². The number of aryl methyl sites for hydroxylation is 2. The van der Waals surface area contributed by atoms with Gasteiger partial charge in [-0.3, -0.25) is 4.79 Å². The second-order valence-electron chi connectivity index (χ2n) is 7.18. The molecular weight excluding hydrogens is 345 g/mol. The van der Waals surface area contributed by atoms with Crippen molar-refractivity contribution in [3.8, 4) is 11.8 Å². The Morgan fingerprint density at radius 3 is 2.48 bits per heavy atom. The van der Waals surface area contributed by atoms with Gasteiger partial charge in [-0.25, -0.2) is 4.39 Å². The van der Waals surface area contributed by atoms with Gasteiger partial charge in [0, 0.05) is 6.42 Å². The third kappa shape index (κ3) is 5.25. The maximum Gasteiger partial charge on any atom is 0.322 e. The molecule has 1 amide bonds. The zero-order chi connectivity index (χ0) is 19.2. The Labute approximate surface area is 159 Å². The van der Waals surface area contributed by atoms with Crippen LogP contribution in [0.1, 0.15) is 56.3 Å². The Hall–Kier alpha value is -2.50. The summed E-state index contributed by atoms with van der Waals surface area (Å²) in [5, 5.41) is 2.93. The van der Waals surface area contributed by atoms with E-state index in [1.54, 1.807) is 26.0 Å². The molecule has 1 heterocycles. The van der Waals surface area contributed by atoms with Gasteiger partial charge in [0.15, 0.2) is 11.6 Å². The topological polar surface area (TPSA) is 64.1 Å². The standard InChI is InChI=1S/C21H26FN3O2/c1-14-20(25-19(26)13-12-16-8-4-3-5-9-16)15(2)24-21(23-14)27-18-11-7-6-10-17(18)22/h6-7,10-11,16H,3-5,8-9,12-13H2,1-2H3,(H,25,26). The second kappa shape index (κ2) is 8.93. The number of carbonyl (C=O) groups is 1. The Bertz CT molecular complexity index is 781. The fourth-order valence-electron chi connectivity index (χ4n) is 3.55. The van der Waals surface area contributed by atoms with Gasteiger partial charge < -0.3 is 10.1 Å². The normalized spacial score (nSPS) is 14.8. The van der Waals surface area contributed by atoms with Gasteiger partial charge in [-0.2, -0.15) is 9.97 Å². The number of amides is 1. The molecular formula is C21H26FN3O2. The molecule has 2 aromatic rings. The highest BCUT2D eigenvalue weighted by Gasteiger charge is 2.17. The molecule has 1 aromatic heterocycles. The lowest BCUT2D eigenvalue weighted by molar-refractivity contribution is -0.116. The molecule has 0 radical (unpaired) electrons. The SMILES string of the molecule is Cc1nc(Oc2ccccc2F)nc(C)c1NC(=O)CCC1CCCCC1. The Balaban J connectivity index is 1.62. The average molecular weight is 371 g/mol. The zero-order valence-corrected chi connectivity index (χ0v) is 15.9. The molecule has 144 valence electrons. The minimum absolute atomic E-state index is 0.0156. The Morgan fingerprint density at radius 1 is 1.15 bits per heavy atom. The maximum absolute atomic E-state index is 13.7. The van der Waals surface area contributed by atoms with E-state index in [1.165, 1.54) is 44.2 Å².